The second-order valence-electron chi connectivity index (χ2n) is 5.45. The van der Waals surface area contributed by atoms with Gasteiger partial charge in [0.25, 0.3) is 5.91 Å². The van der Waals surface area contributed by atoms with Gasteiger partial charge >= 0.3 is 11.7 Å². The minimum absolute atomic E-state index is 0.262. The fourth-order valence-electron chi connectivity index (χ4n) is 2.90. The third-order valence-electron chi connectivity index (χ3n) is 4.21. The van der Waals surface area contributed by atoms with E-state index in [9.17, 15) is 19.5 Å². The summed E-state index contributed by atoms with van der Waals surface area (Å²) < 4.78 is 2.55. The van der Waals surface area contributed by atoms with E-state index in [0.29, 0.717) is 26.2 Å². The van der Waals surface area contributed by atoms with E-state index in [-0.39, 0.29) is 34.9 Å². The van der Waals surface area contributed by atoms with Gasteiger partial charge in [-0.15, -0.1) is 0 Å². The highest BCUT2D eigenvalue weighted by Gasteiger charge is 2.38. The lowest BCUT2D eigenvalue weighted by Gasteiger charge is -2.13. The van der Waals surface area contributed by atoms with Gasteiger partial charge < -0.3 is 9.67 Å². The highest BCUT2D eigenvalue weighted by Crippen LogP contribution is 2.21. The van der Waals surface area contributed by atoms with Crippen LogP contribution >= 0.6 is 0 Å². The summed E-state index contributed by atoms with van der Waals surface area (Å²) in [7, 11) is 0. The van der Waals surface area contributed by atoms with Crippen molar-refractivity contribution >= 4 is 18.0 Å². The zero-order valence-electron chi connectivity index (χ0n) is 15.0. The van der Waals surface area contributed by atoms with Crippen LogP contribution < -0.4 is 10.8 Å². The quantitative estimate of drug-likeness (QED) is 0.566. The van der Waals surface area contributed by atoms with E-state index >= 15 is 0 Å². The molecule has 136 valence electrons. The van der Waals surface area contributed by atoms with Crippen LogP contribution in [0.4, 0.5) is 4.79 Å². The number of amides is 3. The number of carbonyl (C=O) groups excluding carboxylic acids is 2. The lowest BCUT2D eigenvalue weighted by Crippen LogP contribution is -2.32. The standard InChI is InChI=1S/C17H24N4O4/c1-5-18-12(14(22)20(7-3)16(18)24)10-9-11-13-15(23)21(8-4)17(25)19(13)6-2/h9-11,22H,5-8H2,1-4H3/p-1/b10-9+,13-11+. The van der Waals surface area contributed by atoms with Crippen LogP contribution in [0.3, 0.4) is 0 Å². The Morgan fingerprint density at radius 2 is 1.48 bits per heavy atom. The average molecular weight is 347 g/mol. The van der Waals surface area contributed by atoms with E-state index in [1.165, 1.54) is 27.7 Å². The minimum atomic E-state index is -0.361. The molecule has 0 aliphatic carbocycles. The number of imide groups is 1. The van der Waals surface area contributed by atoms with Gasteiger partial charge in [-0.2, -0.15) is 0 Å². The molecule has 1 aromatic rings. The van der Waals surface area contributed by atoms with Crippen LogP contribution in [-0.2, 0) is 17.9 Å². The topological polar surface area (TPSA) is 90.6 Å². The minimum Gasteiger partial charge on any atom is -0.858 e. The Morgan fingerprint density at radius 1 is 0.880 bits per heavy atom. The molecule has 1 aromatic heterocycles. The molecule has 0 saturated carbocycles. The van der Waals surface area contributed by atoms with Crippen LogP contribution in [0.5, 0.6) is 5.88 Å². The maximum Gasteiger partial charge on any atom is 0.331 e. The molecule has 2 heterocycles. The van der Waals surface area contributed by atoms with E-state index < -0.39 is 0 Å². The number of allylic oxidation sites excluding steroid dienone is 2. The zero-order valence-corrected chi connectivity index (χ0v) is 15.0. The number of hydrogen-bond donors (Lipinski definition) is 0. The van der Waals surface area contributed by atoms with Crippen molar-refractivity contribution in [3.8, 4) is 5.88 Å². The second-order valence-corrected chi connectivity index (χ2v) is 5.45. The van der Waals surface area contributed by atoms with Crippen molar-refractivity contribution in [3.05, 3.63) is 34.0 Å². The molecule has 1 fully saturated rings. The monoisotopic (exact) mass is 347 g/mol. The molecule has 25 heavy (non-hydrogen) atoms. The lowest BCUT2D eigenvalue weighted by molar-refractivity contribution is -0.279. The van der Waals surface area contributed by atoms with Gasteiger partial charge in [-0.3, -0.25) is 19.2 Å². The molecule has 0 unspecified atom stereocenters. The van der Waals surface area contributed by atoms with Crippen LogP contribution in [0.15, 0.2) is 22.6 Å². The summed E-state index contributed by atoms with van der Waals surface area (Å²) in [6.45, 7) is 8.39. The maximum absolute atomic E-state index is 12.3. The summed E-state index contributed by atoms with van der Waals surface area (Å²) in [6, 6.07) is -0.346. The summed E-state index contributed by atoms with van der Waals surface area (Å²) in [5, 5.41) is 12.3. The fourth-order valence-corrected chi connectivity index (χ4v) is 2.90. The van der Waals surface area contributed by atoms with Crippen LogP contribution in [0, 0.1) is 0 Å². The molecule has 2 rings (SSSR count). The molecule has 0 N–H and O–H groups in total. The highest BCUT2D eigenvalue weighted by molar-refractivity contribution is 6.11. The van der Waals surface area contributed by atoms with Gasteiger partial charge in [-0.1, -0.05) is 6.08 Å². The molecule has 1 aliphatic heterocycles. The van der Waals surface area contributed by atoms with Gasteiger partial charge in [-0.05, 0) is 45.7 Å². The van der Waals surface area contributed by atoms with Gasteiger partial charge in [0.1, 0.15) is 5.70 Å². The number of carbonyl (C=O) groups is 2. The van der Waals surface area contributed by atoms with E-state index in [0.717, 1.165) is 9.47 Å². The van der Waals surface area contributed by atoms with Crippen LogP contribution in [-0.4, -0.2) is 44.0 Å². The second kappa shape index (κ2) is 7.42. The van der Waals surface area contributed by atoms with Gasteiger partial charge in [0.05, 0.1) is 5.69 Å². The molecule has 1 saturated heterocycles. The van der Waals surface area contributed by atoms with Gasteiger partial charge in [0.2, 0.25) is 0 Å². The Labute approximate surface area is 146 Å². The number of urea groups is 1. The van der Waals surface area contributed by atoms with Crippen molar-refractivity contribution in [2.24, 2.45) is 0 Å². The Balaban J connectivity index is 2.40. The van der Waals surface area contributed by atoms with Crippen molar-refractivity contribution in [1.29, 1.82) is 0 Å². The summed E-state index contributed by atoms with van der Waals surface area (Å²) in [5.41, 5.74) is 0.179. The number of rotatable bonds is 6. The molecule has 0 atom stereocenters. The Kier molecular flexibility index (Phi) is 5.51. The summed E-state index contributed by atoms with van der Waals surface area (Å²) in [4.78, 5) is 39.1. The third-order valence-corrected chi connectivity index (χ3v) is 4.21. The van der Waals surface area contributed by atoms with Crippen molar-refractivity contribution in [2.45, 2.75) is 40.8 Å². The van der Waals surface area contributed by atoms with Crippen molar-refractivity contribution in [3.63, 3.8) is 0 Å². The summed E-state index contributed by atoms with van der Waals surface area (Å²) >= 11 is 0. The van der Waals surface area contributed by atoms with E-state index in [2.05, 4.69) is 0 Å². The molecular weight excluding hydrogens is 324 g/mol. The number of hydrogen-bond acceptors (Lipinski definition) is 4. The fraction of sp³-hybridized carbons (Fsp3) is 0.471. The van der Waals surface area contributed by atoms with Crippen molar-refractivity contribution in [1.82, 2.24) is 18.9 Å². The van der Waals surface area contributed by atoms with Crippen LogP contribution in [0.2, 0.25) is 0 Å². The SMILES string of the molecule is CCN1C(=O)/C(=C\C=C\c2c([O-])n(CC)c(=O)n2CC)N(CC)C1=O. The van der Waals surface area contributed by atoms with E-state index in [1.54, 1.807) is 27.7 Å². The average Bonchev–Trinajstić information content (AvgIpc) is 2.97. The van der Waals surface area contributed by atoms with Crippen molar-refractivity contribution in [2.75, 3.05) is 13.1 Å². The summed E-state index contributed by atoms with van der Waals surface area (Å²) in [6.07, 6.45) is 4.55. The van der Waals surface area contributed by atoms with Crippen LogP contribution in [0.1, 0.15) is 33.4 Å². The normalized spacial score (nSPS) is 16.9. The molecule has 0 radical (unpaired) electrons. The predicted molar refractivity (Wildman–Crippen MR) is 91.8 cm³/mol. The Bertz CT molecular complexity index is 800. The van der Waals surface area contributed by atoms with E-state index in [4.69, 9.17) is 0 Å². The first-order valence-electron chi connectivity index (χ1n) is 8.44. The molecular formula is C17H23N4O4-. The lowest BCUT2D eigenvalue weighted by atomic mass is 10.3. The number of aromatic nitrogens is 2. The van der Waals surface area contributed by atoms with Gasteiger partial charge in [0, 0.05) is 26.2 Å². The molecule has 0 aromatic carbocycles. The summed E-state index contributed by atoms with van der Waals surface area (Å²) in [5.74, 6) is -0.722. The molecule has 3 amide bonds. The first kappa shape index (κ1) is 18.6. The highest BCUT2D eigenvalue weighted by atomic mass is 16.3. The zero-order chi connectivity index (χ0) is 18.7. The first-order chi connectivity index (χ1) is 11.9. The molecule has 0 spiro atoms. The predicted octanol–water partition coefficient (Wildman–Crippen LogP) is 0.964. The molecule has 0 bridgehead atoms. The number of nitrogens with zero attached hydrogens (tertiary/aromatic N) is 4. The Morgan fingerprint density at radius 3 is 2.00 bits per heavy atom. The number of likely N-dealkylation sites (N-methyl/N-ethyl adjacent to an activating group) is 2. The van der Waals surface area contributed by atoms with E-state index in [1.807, 2.05) is 0 Å². The smallest absolute Gasteiger partial charge is 0.331 e. The molecule has 1 aliphatic rings. The first-order valence-corrected chi connectivity index (χ1v) is 8.44. The van der Waals surface area contributed by atoms with Gasteiger partial charge in [0.15, 0.2) is 0 Å². The third kappa shape index (κ3) is 2.99. The van der Waals surface area contributed by atoms with Gasteiger partial charge in [-0.25, -0.2) is 9.59 Å². The maximum atomic E-state index is 12.3. The van der Waals surface area contributed by atoms with Crippen LogP contribution in [0.25, 0.3) is 6.08 Å². The van der Waals surface area contributed by atoms with Crippen molar-refractivity contribution < 1.29 is 14.7 Å². The molecule has 8 nitrogen and oxygen atoms in total. The largest absolute Gasteiger partial charge is 0.858 e. The molecule has 8 heteroatoms. The Hall–Kier alpha value is -2.77. The number of imidazole rings is 1.